The van der Waals surface area contributed by atoms with Crippen LogP contribution in [0.4, 0.5) is 11.4 Å². The zero-order valence-electron chi connectivity index (χ0n) is 16.0. The number of anilines is 2. The molecule has 0 saturated carbocycles. The van der Waals surface area contributed by atoms with E-state index in [9.17, 15) is 5.11 Å². The van der Waals surface area contributed by atoms with Crippen LogP contribution in [0.3, 0.4) is 0 Å². The first kappa shape index (κ1) is 18.6. The number of hydrogen-bond acceptors (Lipinski definition) is 4. The number of nitrogens with two attached hydrogens (primary N) is 1. The Bertz CT molecular complexity index is 748. The number of rotatable bonds is 7. The summed E-state index contributed by atoms with van der Waals surface area (Å²) in [6.07, 6.45) is 11.3. The molecule has 1 aromatic rings. The van der Waals surface area contributed by atoms with Gasteiger partial charge in [0.1, 0.15) is 0 Å². The summed E-state index contributed by atoms with van der Waals surface area (Å²) in [5, 5.41) is 16.7. The predicted molar refractivity (Wildman–Crippen MR) is 110 cm³/mol. The maximum Gasteiger partial charge on any atom is 0.0597 e. The fourth-order valence-electron chi connectivity index (χ4n) is 4.02. The lowest BCUT2D eigenvalue weighted by atomic mass is 9.71. The Kier molecular flexibility index (Phi) is 5.42. The second-order valence-electron chi connectivity index (χ2n) is 7.79. The number of aliphatic hydroxyl groups is 1. The molecule has 1 aliphatic heterocycles. The number of benzene rings is 1. The van der Waals surface area contributed by atoms with Crippen LogP contribution in [-0.4, -0.2) is 23.8 Å². The smallest absolute Gasteiger partial charge is 0.0597 e. The molecule has 1 heterocycles. The van der Waals surface area contributed by atoms with Crippen LogP contribution in [0.25, 0.3) is 0 Å². The molecule has 26 heavy (non-hydrogen) atoms. The van der Waals surface area contributed by atoms with Crippen molar-refractivity contribution in [3.05, 3.63) is 59.3 Å². The van der Waals surface area contributed by atoms with Gasteiger partial charge in [-0.2, -0.15) is 0 Å². The van der Waals surface area contributed by atoms with Crippen molar-refractivity contribution in [3.8, 4) is 0 Å². The number of aliphatic hydroxyl groups excluding tert-OH is 1. The molecule has 0 amide bonds. The van der Waals surface area contributed by atoms with Crippen LogP contribution in [0.15, 0.2) is 53.8 Å². The topological polar surface area (TPSA) is 70.3 Å². The van der Waals surface area contributed by atoms with Crippen LogP contribution in [0, 0.1) is 12.3 Å². The molecule has 3 rings (SSSR count). The lowest BCUT2D eigenvalue weighted by Gasteiger charge is -2.36. The van der Waals surface area contributed by atoms with E-state index in [0.717, 1.165) is 37.2 Å². The van der Waals surface area contributed by atoms with Gasteiger partial charge in [-0.25, -0.2) is 0 Å². The Balaban J connectivity index is 1.60. The largest absolute Gasteiger partial charge is 0.399 e. The second kappa shape index (κ2) is 7.58. The van der Waals surface area contributed by atoms with E-state index in [0.29, 0.717) is 6.04 Å². The molecule has 4 heteroatoms. The quantitative estimate of drug-likeness (QED) is 0.561. The van der Waals surface area contributed by atoms with E-state index in [4.69, 9.17) is 5.73 Å². The van der Waals surface area contributed by atoms with Gasteiger partial charge in [0.2, 0.25) is 0 Å². The van der Waals surface area contributed by atoms with Gasteiger partial charge in [0, 0.05) is 23.3 Å². The highest BCUT2D eigenvalue weighted by atomic mass is 16.3. The first-order valence-corrected chi connectivity index (χ1v) is 9.52. The van der Waals surface area contributed by atoms with Crippen molar-refractivity contribution in [2.24, 2.45) is 5.41 Å². The molecule has 3 atom stereocenters. The average Bonchev–Trinajstić information content (AvgIpc) is 2.92. The van der Waals surface area contributed by atoms with Gasteiger partial charge in [-0.1, -0.05) is 18.2 Å². The molecule has 0 aromatic heterocycles. The van der Waals surface area contributed by atoms with E-state index < -0.39 is 0 Å². The maximum absolute atomic E-state index is 9.61. The fourth-order valence-corrected chi connectivity index (χ4v) is 4.02. The highest BCUT2D eigenvalue weighted by Gasteiger charge is 2.41. The Labute approximate surface area is 156 Å². The second-order valence-corrected chi connectivity index (χ2v) is 7.79. The first-order chi connectivity index (χ1) is 12.4. The lowest BCUT2D eigenvalue weighted by Crippen LogP contribution is -2.39. The maximum atomic E-state index is 9.61. The summed E-state index contributed by atoms with van der Waals surface area (Å²) in [6, 6.07) is 6.29. The number of allylic oxidation sites excluding steroid dienone is 2. The molecule has 3 unspecified atom stereocenters. The average molecular weight is 354 g/mol. The van der Waals surface area contributed by atoms with E-state index in [1.54, 1.807) is 0 Å². The zero-order chi connectivity index (χ0) is 18.7. The van der Waals surface area contributed by atoms with Crippen LogP contribution >= 0.6 is 0 Å². The zero-order valence-corrected chi connectivity index (χ0v) is 16.0. The van der Waals surface area contributed by atoms with Crippen LogP contribution in [0.2, 0.25) is 0 Å². The Morgan fingerprint density at radius 2 is 2.15 bits per heavy atom. The minimum absolute atomic E-state index is 0.0145. The van der Waals surface area contributed by atoms with Crippen molar-refractivity contribution in [2.45, 2.75) is 52.2 Å². The molecule has 1 aromatic carbocycles. The van der Waals surface area contributed by atoms with Gasteiger partial charge < -0.3 is 21.5 Å². The third-order valence-corrected chi connectivity index (χ3v) is 5.65. The van der Waals surface area contributed by atoms with Gasteiger partial charge in [0.15, 0.2) is 0 Å². The molecule has 0 radical (unpaired) electrons. The van der Waals surface area contributed by atoms with Gasteiger partial charge in [0.05, 0.1) is 12.1 Å². The number of aryl methyl sites for hydroxylation is 1. The minimum atomic E-state index is -0.255. The summed E-state index contributed by atoms with van der Waals surface area (Å²) >= 11 is 0. The van der Waals surface area contributed by atoms with Crippen molar-refractivity contribution in [1.82, 2.24) is 5.32 Å². The number of hydrogen-bond donors (Lipinski definition) is 4. The van der Waals surface area contributed by atoms with E-state index >= 15 is 0 Å². The molecule has 0 bridgehead atoms. The predicted octanol–water partition coefficient (Wildman–Crippen LogP) is 3.90. The van der Waals surface area contributed by atoms with Crippen LogP contribution in [0.1, 0.15) is 38.7 Å². The Hall–Kier alpha value is -2.20. The van der Waals surface area contributed by atoms with Crippen LogP contribution < -0.4 is 16.4 Å². The lowest BCUT2D eigenvalue weighted by molar-refractivity contribution is 0.183. The molecular weight excluding hydrogens is 322 g/mol. The molecular formula is C22H31N3O. The van der Waals surface area contributed by atoms with Gasteiger partial charge in [-0.15, -0.1) is 0 Å². The molecule has 2 aliphatic rings. The molecule has 4 nitrogen and oxygen atoms in total. The van der Waals surface area contributed by atoms with Gasteiger partial charge in [-0.05, 0) is 81.1 Å². The summed E-state index contributed by atoms with van der Waals surface area (Å²) in [5.74, 6) is 0. The molecule has 0 spiro atoms. The van der Waals surface area contributed by atoms with Crippen molar-refractivity contribution in [3.63, 3.8) is 0 Å². The monoisotopic (exact) mass is 353 g/mol. The van der Waals surface area contributed by atoms with Gasteiger partial charge in [-0.3, -0.25) is 0 Å². The van der Waals surface area contributed by atoms with Crippen LogP contribution in [0.5, 0.6) is 0 Å². The normalized spacial score (nSPS) is 25.2. The molecule has 140 valence electrons. The van der Waals surface area contributed by atoms with Crippen LogP contribution in [-0.2, 0) is 0 Å². The first-order valence-electron chi connectivity index (χ1n) is 9.52. The summed E-state index contributed by atoms with van der Waals surface area (Å²) in [6.45, 7) is 7.13. The summed E-state index contributed by atoms with van der Waals surface area (Å²) < 4.78 is 0. The van der Waals surface area contributed by atoms with Crippen molar-refractivity contribution < 1.29 is 5.11 Å². The van der Waals surface area contributed by atoms with E-state index in [2.05, 4.69) is 48.9 Å². The molecule has 0 fully saturated rings. The highest BCUT2D eigenvalue weighted by Crippen LogP contribution is 2.44. The van der Waals surface area contributed by atoms with Gasteiger partial charge in [0.25, 0.3) is 0 Å². The van der Waals surface area contributed by atoms with Crippen molar-refractivity contribution in [1.29, 1.82) is 0 Å². The van der Waals surface area contributed by atoms with E-state index in [-0.39, 0.29) is 11.5 Å². The number of nitrogen functional groups attached to an aromatic ring is 1. The standard InChI is InChI=1S/C22H31N3O/c1-15-13-19(23)8-9-20(15)24-12-10-18-14-25-21-17(7-6-16(2)26)5-4-11-22(18,21)3/h4-5,8-9,11,13-14,16,21,24-26H,6-7,10,12,23H2,1-3H3. The number of fused-ring (bicyclic) bond motifs is 1. The number of nitrogens with one attached hydrogen (secondary N) is 2. The van der Waals surface area contributed by atoms with E-state index in [1.165, 1.54) is 16.7 Å². The minimum Gasteiger partial charge on any atom is -0.399 e. The summed E-state index contributed by atoms with van der Waals surface area (Å²) in [5.41, 5.74) is 11.8. The van der Waals surface area contributed by atoms with E-state index in [1.807, 2.05) is 25.1 Å². The Morgan fingerprint density at radius 3 is 2.88 bits per heavy atom. The SMILES string of the molecule is Cc1cc(N)ccc1NCCC1=CNC2C(CCC(C)O)=CC=CC12C. The molecule has 5 N–H and O–H groups in total. The Morgan fingerprint density at radius 1 is 1.35 bits per heavy atom. The molecule has 0 saturated heterocycles. The highest BCUT2D eigenvalue weighted by molar-refractivity contribution is 5.57. The molecule has 1 aliphatic carbocycles. The third kappa shape index (κ3) is 3.80. The fraction of sp³-hybridized carbons (Fsp3) is 0.455. The summed E-state index contributed by atoms with van der Waals surface area (Å²) in [7, 11) is 0. The van der Waals surface area contributed by atoms with Gasteiger partial charge >= 0.3 is 0 Å². The van der Waals surface area contributed by atoms with Crippen molar-refractivity contribution in [2.75, 3.05) is 17.6 Å². The summed E-state index contributed by atoms with van der Waals surface area (Å²) in [4.78, 5) is 0. The van der Waals surface area contributed by atoms with Crippen molar-refractivity contribution >= 4 is 11.4 Å². The third-order valence-electron chi connectivity index (χ3n) is 5.65.